The molecule has 0 aromatic rings. The molecule has 0 aliphatic heterocycles. The third-order valence-electron chi connectivity index (χ3n) is 3.28. The van der Waals surface area contributed by atoms with Crippen LogP contribution in [0.4, 0.5) is 0 Å². The fourth-order valence-electron chi connectivity index (χ4n) is 2.05. The van der Waals surface area contributed by atoms with Gasteiger partial charge in [0, 0.05) is 19.8 Å². The van der Waals surface area contributed by atoms with Crippen LogP contribution in [0.1, 0.15) is 72.6 Å². The van der Waals surface area contributed by atoms with Gasteiger partial charge < -0.3 is 5.32 Å². The van der Waals surface area contributed by atoms with Gasteiger partial charge in [-0.2, -0.15) is 5.10 Å². The van der Waals surface area contributed by atoms with Gasteiger partial charge in [-0.15, -0.1) is 0 Å². The lowest BCUT2D eigenvalue weighted by molar-refractivity contribution is 0.201. The molecule has 0 saturated heterocycles. The molecule has 0 atom stereocenters. The van der Waals surface area contributed by atoms with Crippen LogP contribution in [0, 0.1) is 0 Å². The highest BCUT2D eigenvalue weighted by molar-refractivity contribution is 5.22. The fraction of sp³-hybridized carbons (Fsp3) is 0.938. The molecule has 3 nitrogen and oxygen atoms in total. The molecule has 1 rings (SSSR count). The molecular formula is C16H37N3. The Hall–Kier alpha value is -0.570. The summed E-state index contributed by atoms with van der Waals surface area (Å²) in [4.78, 5) is 0. The quantitative estimate of drug-likeness (QED) is 0.443. The Labute approximate surface area is 121 Å². The first-order valence-electron chi connectivity index (χ1n) is 8.16. The molecule has 19 heavy (non-hydrogen) atoms. The van der Waals surface area contributed by atoms with Crippen molar-refractivity contribution in [3.8, 4) is 0 Å². The zero-order valence-electron chi connectivity index (χ0n) is 14.0. The van der Waals surface area contributed by atoms with Gasteiger partial charge in [0.1, 0.15) is 0 Å². The van der Waals surface area contributed by atoms with E-state index in [1.165, 1.54) is 51.5 Å². The number of hydrogen-bond donors (Lipinski definition) is 1. The third kappa shape index (κ3) is 13.7. The SMILES string of the molecule is C=NN(C)C1CCCCC1.CC.CCCCNCC. The van der Waals surface area contributed by atoms with Gasteiger partial charge in [-0.05, 0) is 32.4 Å². The van der Waals surface area contributed by atoms with Crippen molar-refractivity contribution in [2.75, 3.05) is 20.1 Å². The minimum absolute atomic E-state index is 0.672. The van der Waals surface area contributed by atoms with Crippen molar-refractivity contribution in [2.24, 2.45) is 5.10 Å². The summed E-state index contributed by atoms with van der Waals surface area (Å²) in [6, 6.07) is 0.672. The van der Waals surface area contributed by atoms with Gasteiger partial charge in [-0.3, -0.25) is 5.01 Å². The number of nitrogens with zero attached hydrogens (tertiary/aromatic N) is 2. The van der Waals surface area contributed by atoms with Crippen molar-refractivity contribution in [2.45, 2.75) is 78.7 Å². The highest BCUT2D eigenvalue weighted by Crippen LogP contribution is 2.21. The molecule has 0 radical (unpaired) electrons. The van der Waals surface area contributed by atoms with Gasteiger partial charge in [0.25, 0.3) is 0 Å². The molecular weight excluding hydrogens is 234 g/mol. The summed E-state index contributed by atoms with van der Waals surface area (Å²) in [7, 11) is 2.02. The Morgan fingerprint density at radius 2 is 1.74 bits per heavy atom. The van der Waals surface area contributed by atoms with E-state index < -0.39 is 0 Å². The van der Waals surface area contributed by atoms with E-state index in [9.17, 15) is 0 Å². The summed E-state index contributed by atoms with van der Waals surface area (Å²) in [5.41, 5.74) is 0. The number of hydrazone groups is 1. The molecule has 0 aromatic heterocycles. The number of hydrogen-bond acceptors (Lipinski definition) is 3. The maximum absolute atomic E-state index is 3.90. The summed E-state index contributed by atoms with van der Waals surface area (Å²) in [5, 5.41) is 9.14. The molecule has 3 heteroatoms. The van der Waals surface area contributed by atoms with E-state index >= 15 is 0 Å². The van der Waals surface area contributed by atoms with Crippen LogP contribution in [0.2, 0.25) is 0 Å². The van der Waals surface area contributed by atoms with Gasteiger partial charge in [0.2, 0.25) is 0 Å². The Morgan fingerprint density at radius 3 is 2.16 bits per heavy atom. The summed E-state index contributed by atoms with van der Waals surface area (Å²) in [6.45, 7) is 14.2. The molecule has 0 spiro atoms. The minimum Gasteiger partial charge on any atom is -0.317 e. The minimum atomic E-state index is 0.672. The summed E-state index contributed by atoms with van der Waals surface area (Å²) in [5.74, 6) is 0. The average Bonchev–Trinajstić information content (AvgIpc) is 2.50. The lowest BCUT2D eigenvalue weighted by Gasteiger charge is -2.28. The first-order chi connectivity index (χ1) is 9.26. The molecule has 0 amide bonds. The standard InChI is InChI=1S/C8H16N2.C6H15N.C2H6/c1-9-10(2)8-6-4-3-5-7-8;1-3-5-6-7-4-2;1-2/h8H,1,3-7H2,2H3;7H,3-6H2,1-2H3;1-2H3. The lowest BCUT2D eigenvalue weighted by atomic mass is 9.95. The average molecular weight is 271 g/mol. The first-order valence-corrected chi connectivity index (χ1v) is 8.16. The monoisotopic (exact) mass is 271 g/mol. The van der Waals surface area contributed by atoms with E-state index in [4.69, 9.17) is 0 Å². The second-order valence-corrected chi connectivity index (χ2v) is 4.71. The lowest BCUT2D eigenvalue weighted by Crippen LogP contribution is -2.28. The normalized spacial score (nSPS) is 14.6. The predicted octanol–water partition coefficient (Wildman–Crippen LogP) is 4.29. The first kappa shape index (κ1) is 20.7. The highest BCUT2D eigenvalue weighted by atomic mass is 15.4. The van der Waals surface area contributed by atoms with Gasteiger partial charge >= 0.3 is 0 Å². The van der Waals surface area contributed by atoms with Crippen molar-refractivity contribution in [3.05, 3.63) is 0 Å². The molecule has 1 N–H and O–H groups in total. The van der Waals surface area contributed by atoms with Crippen molar-refractivity contribution < 1.29 is 0 Å². The Morgan fingerprint density at radius 1 is 1.16 bits per heavy atom. The van der Waals surface area contributed by atoms with Gasteiger partial charge in [0.15, 0.2) is 0 Å². The highest BCUT2D eigenvalue weighted by Gasteiger charge is 2.15. The molecule has 0 heterocycles. The van der Waals surface area contributed by atoms with E-state index in [0.717, 1.165) is 6.54 Å². The van der Waals surface area contributed by atoms with Crippen molar-refractivity contribution in [3.63, 3.8) is 0 Å². The maximum Gasteiger partial charge on any atom is 0.0467 e. The van der Waals surface area contributed by atoms with Crippen LogP contribution in [0.3, 0.4) is 0 Å². The van der Waals surface area contributed by atoms with Crippen molar-refractivity contribution >= 4 is 6.72 Å². The molecule has 116 valence electrons. The number of rotatable bonds is 6. The molecule has 0 bridgehead atoms. The summed E-state index contributed by atoms with van der Waals surface area (Å²) >= 11 is 0. The maximum atomic E-state index is 3.90. The van der Waals surface area contributed by atoms with Crippen LogP contribution < -0.4 is 5.32 Å². The Balaban J connectivity index is 0. The van der Waals surface area contributed by atoms with Crippen molar-refractivity contribution in [1.82, 2.24) is 10.3 Å². The second-order valence-electron chi connectivity index (χ2n) is 4.71. The van der Waals surface area contributed by atoms with Crippen LogP contribution in [0.5, 0.6) is 0 Å². The molecule has 1 aliphatic carbocycles. The van der Waals surface area contributed by atoms with Gasteiger partial charge in [-0.1, -0.05) is 53.4 Å². The van der Waals surface area contributed by atoms with E-state index in [-0.39, 0.29) is 0 Å². The van der Waals surface area contributed by atoms with Crippen LogP contribution in [-0.4, -0.2) is 37.9 Å². The van der Waals surface area contributed by atoms with E-state index in [1.807, 2.05) is 25.9 Å². The molecule has 1 aliphatic rings. The fourth-order valence-corrected chi connectivity index (χ4v) is 2.05. The number of unbranched alkanes of at least 4 members (excludes halogenated alkanes) is 1. The van der Waals surface area contributed by atoms with Crippen LogP contribution >= 0.6 is 0 Å². The van der Waals surface area contributed by atoms with Gasteiger partial charge in [0.05, 0.1) is 0 Å². The van der Waals surface area contributed by atoms with Crippen LogP contribution in [-0.2, 0) is 0 Å². The second kappa shape index (κ2) is 17.4. The smallest absolute Gasteiger partial charge is 0.0467 e. The Bertz CT molecular complexity index is 161. The zero-order chi connectivity index (χ0) is 14.9. The van der Waals surface area contributed by atoms with E-state index in [0.29, 0.717) is 6.04 Å². The molecule has 1 fully saturated rings. The summed E-state index contributed by atoms with van der Waals surface area (Å²) in [6.07, 6.45) is 9.35. The van der Waals surface area contributed by atoms with Crippen molar-refractivity contribution in [1.29, 1.82) is 0 Å². The topological polar surface area (TPSA) is 27.6 Å². The zero-order valence-corrected chi connectivity index (χ0v) is 14.0. The molecule has 0 aromatic carbocycles. The van der Waals surface area contributed by atoms with E-state index in [2.05, 4.69) is 31.0 Å². The van der Waals surface area contributed by atoms with E-state index in [1.54, 1.807) is 0 Å². The summed E-state index contributed by atoms with van der Waals surface area (Å²) < 4.78 is 0. The largest absolute Gasteiger partial charge is 0.317 e. The van der Waals surface area contributed by atoms with Crippen LogP contribution in [0.25, 0.3) is 0 Å². The molecule has 1 saturated carbocycles. The van der Waals surface area contributed by atoms with Crippen LogP contribution in [0.15, 0.2) is 5.10 Å². The number of nitrogens with one attached hydrogen (secondary N) is 1. The third-order valence-corrected chi connectivity index (χ3v) is 3.28. The predicted molar refractivity (Wildman–Crippen MR) is 89.0 cm³/mol. The van der Waals surface area contributed by atoms with Gasteiger partial charge in [-0.25, -0.2) is 0 Å². The molecule has 0 unspecified atom stereocenters. The Kier molecular flexibility index (Phi) is 19.0.